The van der Waals surface area contributed by atoms with E-state index in [-0.39, 0.29) is 18.4 Å². The third-order valence-electron chi connectivity index (χ3n) is 3.88. The number of carboxylic acids is 1. The molecule has 0 aromatic heterocycles. The van der Waals surface area contributed by atoms with Crippen LogP contribution in [0.5, 0.6) is 0 Å². The molecule has 0 aliphatic rings. The van der Waals surface area contributed by atoms with Gasteiger partial charge in [-0.3, -0.25) is 9.59 Å². The number of amides is 3. The highest BCUT2D eigenvalue weighted by Gasteiger charge is 2.21. The van der Waals surface area contributed by atoms with Crippen LogP contribution in [-0.4, -0.2) is 28.6 Å². The van der Waals surface area contributed by atoms with Crippen molar-refractivity contribution in [1.29, 1.82) is 0 Å². The third-order valence-corrected chi connectivity index (χ3v) is 3.88. The summed E-state index contributed by atoms with van der Waals surface area (Å²) in [6.07, 6.45) is 0.203. The Morgan fingerprint density at radius 3 is 2.29 bits per heavy atom. The lowest BCUT2D eigenvalue weighted by Crippen LogP contribution is -2.45. The fraction of sp³-hybridized carbons (Fsp3) is 0.250. The number of aliphatic carboxylic acids is 1. The predicted octanol–water partition coefficient (Wildman–Crippen LogP) is 3.84. The fourth-order valence-electron chi connectivity index (χ4n) is 2.46. The van der Waals surface area contributed by atoms with Gasteiger partial charge in [-0.05, 0) is 56.7 Å². The molecule has 148 valence electrons. The van der Waals surface area contributed by atoms with Gasteiger partial charge in [-0.1, -0.05) is 12.1 Å². The number of benzene rings is 2. The van der Waals surface area contributed by atoms with Gasteiger partial charge in [0.1, 0.15) is 5.82 Å². The van der Waals surface area contributed by atoms with Crippen molar-refractivity contribution in [1.82, 2.24) is 5.32 Å². The van der Waals surface area contributed by atoms with Crippen molar-refractivity contribution in [2.24, 2.45) is 0 Å². The quantitative estimate of drug-likeness (QED) is 0.579. The SMILES string of the molecule is CC(C)(CCC(=O)O)NC(=O)Nc1cccc(C(=O)Nc2cccc(F)c2)c1. The second kappa shape index (κ2) is 8.98. The van der Waals surface area contributed by atoms with Crippen LogP contribution in [0, 0.1) is 5.82 Å². The standard InChI is InChI=1S/C20H22FN3O4/c1-20(2,10-9-17(25)26)24-19(28)23-15-7-3-5-13(11-15)18(27)22-16-8-4-6-14(21)12-16/h3-8,11-12H,9-10H2,1-2H3,(H,22,27)(H,25,26)(H2,23,24,28). The van der Waals surface area contributed by atoms with Crippen LogP contribution in [0.3, 0.4) is 0 Å². The van der Waals surface area contributed by atoms with Gasteiger partial charge in [-0.25, -0.2) is 9.18 Å². The Morgan fingerprint density at radius 1 is 1.00 bits per heavy atom. The number of carbonyl (C=O) groups excluding carboxylic acids is 2. The summed E-state index contributed by atoms with van der Waals surface area (Å²) in [7, 11) is 0. The first-order valence-corrected chi connectivity index (χ1v) is 8.62. The molecular formula is C20H22FN3O4. The molecule has 0 aliphatic heterocycles. The summed E-state index contributed by atoms with van der Waals surface area (Å²) in [5.74, 6) is -1.85. The van der Waals surface area contributed by atoms with Crippen molar-refractivity contribution in [2.45, 2.75) is 32.2 Å². The van der Waals surface area contributed by atoms with Crippen LogP contribution in [0.2, 0.25) is 0 Å². The van der Waals surface area contributed by atoms with Gasteiger partial charge in [-0.2, -0.15) is 0 Å². The minimum absolute atomic E-state index is 0.0665. The summed E-state index contributed by atoms with van der Waals surface area (Å²) in [6.45, 7) is 3.44. The second-order valence-electron chi connectivity index (χ2n) is 6.90. The van der Waals surface area contributed by atoms with E-state index in [4.69, 9.17) is 5.11 Å². The van der Waals surface area contributed by atoms with E-state index in [0.717, 1.165) is 0 Å². The van der Waals surface area contributed by atoms with Crippen molar-refractivity contribution >= 4 is 29.3 Å². The molecule has 0 radical (unpaired) electrons. The first-order chi connectivity index (χ1) is 13.1. The van der Waals surface area contributed by atoms with E-state index >= 15 is 0 Å². The molecule has 0 unspecified atom stereocenters. The number of carboxylic acid groups (broad SMARTS) is 1. The van der Waals surface area contributed by atoms with Crippen LogP contribution in [0.25, 0.3) is 0 Å². The van der Waals surface area contributed by atoms with E-state index in [1.807, 2.05) is 0 Å². The van der Waals surface area contributed by atoms with Crippen LogP contribution in [0.15, 0.2) is 48.5 Å². The molecular weight excluding hydrogens is 365 g/mol. The lowest BCUT2D eigenvalue weighted by atomic mass is 9.99. The Hall–Kier alpha value is -3.42. The molecule has 0 bridgehead atoms. The van der Waals surface area contributed by atoms with Crippen molar-refractivity contribution in [3.63, 3.8) is 0 Å². The lowest BCUT2D eigenvalue weighted by molar-refractivity contribution is -0.137. The van der Waals surface area contributed by atoms with Gasteiger partial charge in [0.15, 0.2) is 0 Å². The van der Waals surface area contributed by atoms with E-state index in [1.165, 1.54) is 24.3 Å². The zero-order valence-corrected chi connectivity index (χ0v) is 15.6. The molecule has 0 heterocycles. The van der Waals surface area contributed by atoms with E-state index in [1.54, 1.807) is 38.1 Å². The van der Waals surface area contributed by atoms with Crippen molar-refractivity contribution < 1.29 is 23.9 Å². The van der Waals surface area contributed by atoms with Crippen molar-refractivity contribution in [3.8, 4) is 0 Å². The molecule has 28 heavy (non-hydrogen) atoms. The smallest absolute Gasteiger partial charge is 0.319 e. The average Bonchev–Trinajstić information content (AvgIpc) is 2.60. The average molecular weight is 387 g/mol. The number of anilines is 2. The zero-order valence-electron chi connectivity index (χ0n) is 15.6. The van der Waals surface area contributed by atoms with Crippen LogP contribution in [-0.2, 0) is 4.79 Å². The lowest BCUT2D eigenvalue weighted by Gasteiger charge is -2.25. The summed E-state index contributed by atoms with van der Waals surface area (Å²) in [4.78, 5) is 35.2. The first-order valence-electron chi connectivity index (χ1n) is 8.62. The molecule has 0 saturated carbocycles. The maximum atomic E-state index is 13.2. The van der Waals surface area contributed by atoms with E-state index in [2.05, 4.69) is 16.0 Å². The molecule has 0 saturated heterocycles. The van der Waals surface area contributed by atoms with Gasteiger partial charge in [0, 0.05) is 28.9 Å². The van der Waals surface area contributed by atoms with Crippen LogP contribution >= 0.6 is 0 Å². The highest BCUT2D eigenvalue weighted by Crippen LogP contribution is 2.16. The van der Waals surface area contributed by atoms with E-state index < -0.39 is 29.3 Å². The minimum atomic E-state index is -0.938. The maximum Gasteiger partial charge on any atom is 0.319 e. The molecule has 2 rings (SSSR count). The summed E-state index contributed by atoms with van der Waals surface area (Å²) in [6, 6.07) is 11.3. The third kappa shape index (κ3) is 6.71. The van der Waals surface area contributed by atoms with Gasteiger partial charge in [-0.15, -0.1) is 0 Å². The minimum Gasteiger partial charge on any atom is -0.481 e. The topological polar surface area (TPSA) is 108 Å². The van der Waals surface area contributed by atoms with Crippen molar-refractivity contribution in [3.05, 3.63) is 59.9 Å². The highest BCUT2D eigenvalue weighted by atomic mass is 19.1. The molecule has 8 heteroatoms. The van der Waals surface area contributed by atoms with E-state index in [9.17, 15) is 18.8 Å². The number of urea groups is 1. The summed E-state index contributed by atoms with van der Waals surface area (Å²) in [5.41, 5.74) is 0.279. The molecule has 0 atom stereocenters. The summed E-state index contributed by atoms with van der Waals surface area (Å²) < 4.78 is 13.2. The molecule has 2 aromatic rings. The predicted molar refractivity (Wildman–Crippen MR) is 104 cm³/mol. The zero-order chi connectivity index (χ0) is 20.7. The van der Waals surface area contributed by atoms with Gasteiger partial charge in [0.05, 0.1) is 0 Å². The molecule has 7 nitrogen and oxygen atoms in total. The highest BCUT2D eigenvalue weighted by molar-refractivity contribution is 6.05. The molecule has 0 spiro atoms. The molecule has 4 N–H and O–H groups in total. The number of halogens is 1. The van der Waals surface area contributed by atoms with Gasteiger partial charge in [0.25, 0.3) is 5.91 Å². The van der Waals surface area contributed by atoms with Gasteiger partial charge in [0.2, 0.25) is 0 Å². The Morgan fingerprint density at radius 2 is 1.64 bits per heavy atom. The largest absolute Gasteiger partial charge is 0.481 e. The molecule has 0 aliphatic carbocycles. The van der Waals surface area contributed by atoms with Gasteiger partial charge >= 0.3 is 12.0 Å². The number of hydrogen-bond acceptors (Lipinski definition) is 3. The van der Waals surface area contributed by atoms with Crippen LogP contribution in [0.1, 0.15) is 37.0 Å². The number of carbonyl (C=O) groups is 3. The fourth-order valence-corrected chi connectivity index (χ4v) is 2.46. The monoisotopic (exact) mass is 387 g/mol. The van der Waals surface area contributed by atoms with E-state index in [0.29, 0.717) is 11.4 Å². The molecule has 2 aromatic carbocycles. The number of hydrogen-bond donors (Lipinski definition) is 4. The summed E-state index contributed by atoms with van der Waals surface area (Å²) in [5, 5.41) is 16.7. The maximum absolute atomic E-state index is 13.2. The van der Waals surface area contributed by atoms with Gasteiger partial charge < -0.3 is 21.1 Å². The molecule has 0 fully saturated rings. The number of rotatable bonds is 7. The Kier molecular flexibility index (Phi) is 6.70. The molecule has 3 amide bonds. The number of nitrogens with one attached hydrogen (secondary N) is 3. The second-order valence-corrected chi connectivity index (χ2v) is 6.90. The van der Waals surface area contributed by atoms with Crippen molar-refractivity contribution in [2.75, 3.05) is 10.6 Å². The summed E-state index contributed by atoms with van der Waals surface area (Å²) >= 11 is 0. The Labute approximate surface area is 162 Å². The van der Waals surface area contributed by atoms with Crippen LogP contribution < -0.4 is 16.0 Å². The Bertz CT molecular complexity index is 883. The first kappa shape index (κ1) is 20.9. The van der Waals surface area contributed by atoms with Crippen LogP contribution in [0.4, 0.5) is 20.6 Å². The normalized spacial score (nSPS) is 10.8. The Balaban J connectivity index is 1.99.